The maximum Gasteiger partial charge on any atom is 0.257 e. The zero-order valence-electron chi connectivity index (χ0n) is 15.5. The molecule has 4 rings (SSSR count). The van der Waals surface area contributed by atoms with Crippen LogP contribution in [0, 0.1) is 0 Å². The first-order valence-corrected chi connectivity index (χ1v) is 9.76. The minimum Gasteiger partial charge on any atom is -0.363 e. The summed E-state index contributed by atoms with van der Waals surface area (Å²) in [6.07, 6.45) is 0. The Hall–Kier alpha value is -2.66. The van der Waals surface area contributed by atoms with Crippen molar-refractivity contribution in [3.8, 4) is 0 Å². The molecular formula is C23H17Cl2NO3. The van der Waals surface area contributed by atoms with Crippen molar-refractivity contribution in [2.75, 3.05) is 0 Å². The Morgan fingerprint density at radius 2 is 1.55 bits per heavy atom. The van der Waals surface area contributed by atoms with E-state index in [4.69, 9.17) is 23.2 Å². The van der Waals surface area contributed by atoms with Crippen molar-refractivity contribution in [2.45, 2.75) is 19.2 Å². The highest BCUT2D eigenvalue weighted by Gasteiger charge is 2.49. The van der Waals surface area contributed by atoms with E-state index in [2.05, 4.69) is 0 Å². The molecular weight excluding hydrogens is 409 g/mol. The molecule has 0 radical (unpaired) electrons. The Kier molecular flexibility index (Phi) is 4.95. The molecule has 0 aromatic heterocycles. The normalized spacial score (nSPS) is 18.1. The van der Waals surface area contributed by atoms with Crippen LogP contribution in [0.25, 0.3) is 0 Å². The first kappa shape index (κ1) is 19.6. The molecule has 1 aliphatic rings. The second-order valence-corrected chi connectivity index (χ2v) is 7.89. The van der Waals surface area contributed by atoms with Crippen molar-refractivity contribution in [1.29, 1.82) is 0 Å². The van der Waals surface area contributed by atoms with E-state index in [1.165, 1.54) is 11.8 Å². The van der Waals surface area contributed by atoms with E-state index >= 15 is 0 Å². The van der Waals surface area contributed by atoms with Gasteiger partial charge in [-0.2, -0.15) is 0 Å². The zero-order chi connectivity index (χ0) is 20.8. The summed E-state index contributed by atoms with van der Waals surface area (Å²) in [6.45, 7) is 1.61. The molecule has 1 N–H and O–H groups in total. The number of Topliss-reactive ketones (excluding diaryl/α,β-unsaturated/α-hetero) is 1. The average Bonchev–Trinajstić information content (AvgIpc) is 2.92. The number of aliphatic hydroxyl groups is 1. The van der Waals surface area contributed by atoms with Gasteiger partial charge in [0.2, 0.25) is 0 Å². The van der Waals surface area contributed by atoms with Gasteiger partial charge in [0.05, 0.1) is 0 Å². The molecule has 146 valence electrons. The predicted octanol–water partition coefficient (Wildman–Crippen LogP) is 5.05. The molecule has 0 saturated heterocycles. The van der Waals surface area contributed by atoms with E-state index in [0.29, 0.717) is 32.3 Å². The molecule has 1 aliphatic heterocycles. The lowest BCUT2D eigenvalue weighted by atomic mass is 9.92. The molecule has 0 spiro atoms. The Labute approximate surface area is 178 Å². The number of amides is 1. The summed E-state index contributed by atoms with van der Waals surface area (Å²) >= 11 is 12.0. The fourth-order valence-electron chi connectivity index (χ4n) is 3.63. The lowest BCUT2D eigenvalue weighted by Crippen LogP contribution is -2.44. The van der Waals surface area contributed by atoms with Crippen molar-refractivity contribution in [3.63, 3.8) is 0 Å². The third-order valence-electron chi connectivity index (χ3n) is 5.17. The van der Waals surface area contributed by atoms with Crippen LogP contribution in [0.15, 0.2) is 66.7 Å². The lowest BCUT2D eigenvalue weighted by molar-refractivity contribution is -0.0542. The maximum absolute atomic E-state index is 13.3. The van der Waals surface area contributed by atoms with Crippen molar-refractivity contribution in [1.82, 2.24) is 4.90 Å². The largest absolute Gasteiger partial charge is 0.363 e. The SMILES string of the molecule is CC(=O)c1ccc2c(c1)C(=O)N(Cc1ccc(Cl)cc1)C2(O)c1ccc(Cl)cc1. The van der Waals surface area contributed by atoms with E-state index in [1.807, 2.05) is 12.1 Å². The van der Waals surface area contributed by atoms with E-state index in [0.717, 1.165) is 5.56 Å². The fraction of sp³-hybridized carbons (Fsp3) is 0.130. The van der Waals surface area contributed by atoms with Crippen LogP contribution >= 0.6 is 23.2 Å². The molecule has 1 amide bonds. The number of halogens is 2. The van der Waals surface area contributed by atoms with Crippen LogP contribution < -0.4 is 0 Å². The minimum absolute atomic E-state index is 0.146. The van der Waals surface area contributed by atoms with Gasteiger partial charge < -0.3 is 5.11 Å². The van der Waals surface area contributed by atoms with Gasteiger partial charge in [-0.3, -0.25) is 14.5 Å². The van der Waals surface area contributed by atoms with Gasteiger partial charge in [0, 0.05) is 38.8 Å². The van der Waals surface area contributed by atoms with Gasteiger partial charge in [0.25, 0.3) is 5.91 Å². The third kappa shape index (κ3) is 3.33. The molecule has 0 saturated carbocycles. The van der Waals surface area contributed by atoms with Gasteiger partial charge in [-0.1, -0.05) is 59.6 Å². The fourth-order valence-corrected chi connectivity index (χ4v) is 3.89. The second kappa shape index (κ2) is 7.30. The van der Waals surface area contributed by atoms with E-state index < -0.39 is 5.72 Å². The summed E-state index contributed by atoms with van der Waals surface area (Å²) in [6, 6.07) is 18.6. The van der Waals surface area contributed by atoms with Gasteiger partial charge in [0.15, 0.2) is 11.5 Å². The summed E-state index contributed by atoms with van der Waals surface area (Å²) in [7, 11) is 0. The van der Waals surface area contributed by atoms with Gasteiger partial charge in [-0.05, 0) is 42.8 Å². The molecule has 0 aliphatic carbocycles. The first-order chi connectivity index (χ1) is 13.8. The number of hydrogen-bond donors (Lipinski definition) is 1. The van der Waals surface area contributed by atoms with Crippen LogP contribution in [-0.4, -0.2) is 21.7 Å². The molecule has 4 nitrogen and oxygen atoms in total. The van der Waals surface area contributed by atoms with Crippen LogP contribution in [0.3, 0.4) is 0 Å². The first-order valence-electron chi connectivity index (χ1n) is 9.01. The standard InChI is InChI=1S/C23H17Cl2NO3/c1-14(27)16-4-11-21-20(12-16)22(28)26(13-15-2-7-18(24)8-3-15)23(21,29)17-5-9-19(25)10-6-17/h2-12,29H,13H2,1H3. The maximum atomic E-state index is 13.3. The molecule has 1 heterocycles. The molecule has 6 heteroatoms. The van der Waals surface area contributed by atoms with Crippen LogP contribution in [0.5, 0.6) is 0 Å². The molecule has 3 aromatic carbocycles. The number of rotatable bonds is 4. The zero-order valence-corrected chi connectivity index (χ0v) is 17.0. The Bertz CT molecular complexity index is 1110. The minimum atomic E-state index is -1.69. The van der Waals surface area contributed by atoms with Crippen molar-refractivity contribution in [3.05, 3.63) is 105 Å². The highest BCUT2D eigenvalue weighted by atomic mass is 35.5. The van der Waals surface area contributed by atoms with Crippen molar-refractivity contribution >= 4 is 34.9 Å². The molecule has 3 aromatic rings. The molecule has 0 fully saturated rings. The Balaban J connectivity index is 1.87. The highest BCUT2D eigenvalue weighted by molar-refractivity contribution is 6.30. The monoisotopic (exact) mass is 425 g/mol. The highest BCUT2D eigenvalue weighted by Crippen LogP contribution is 2.43. The number of carbonyl (C=O) groups excluding carboxylic acids is 2. The van der Waals surface area contributed by atoms with Crippen LogP contribution in [0.4, 0.5) is 0 Å². The van der Waals surface area contributed by atoms with E-state index in [-0.39, 0.29) is 18.2 Å². The summed E-state index contributed by atoms with van der Waals surface area (Å²) in [5.74, 6) is -0.498. The van der Waals surface area contributed by atoms with Crippen molar-refractivity contribution in [2.24, 2.45) is 0 Å². The van der Waals surface area contributed by atoms with Gasteiger partial charge >= 0.3 is 0 Å². The van der Waals surface area contributed by atoms with Gasteiger partial charge in [-0.25, -0.2) is 0 Å². The van der Waals surface area contributed by atoms with E-state index in [9.17, 15) is 14.7 Å². The summed E-state index contributed by atoms with van der Waals surface area (Å²) in [4.78, 5) is 26.5. The van der Waals surface area contributed by atoms with Crippen LogP contribution in [0.1, 0.15) is 44.3 Å². The van der Waals surface area contributed by atoms with Crippen LogP contribution in [0.2, 0.25) is 10.0 Å². The van der Waals surface area contributed by atoms with E-state index in [1.54, 1.807) is 54.6 Å². The number of fused-ring (bicyclic) bond motifs is 1. The topological polar surface area (TPSA) is 57.6 Å². The third-order valence-corrected chi connectivity index (χ3v) is 5.67. The summed E-state index contributed by atoms with van der Waals surface area (Å²) < 4.78 is 0. The summed E-state index contributed by atoms with van der Waals surface area (Å²) in [5.41, 5.74) is 0.802. The Morgan fingerprint density at radius 3 is 2.14 bits per heavy atom. The van der Waals surface area contributed by atoms with Crippen LogP contribution in [-0.2, 0) is 12.3 Å². The average molecular weight is 426 g/mol. The number of hydrogen-bond acceptors (Lipinski definition) is 3. The Morgan fingerprint density at radius 1 is 0.966 bits per heavy atom. The smallest absolute Gasteiger partial charge is 0.257 e. The summed E-state index contributed by atoms with van der Waals surface area (Å²) in [5, 5.41) is 12.9. The second-order valence-electron chi connectivity index (χ2n) is 7.01. The van der Waals surface area contributed by atoms with Gasteiger partial charge in [-0.15, -0.1) is 0 Å². The number of nitrogens with zero attached hydrogens (tertiary/aromatic N) is 1. The quantitative estimate of drug-likeness (QED) is 0.595. The van der Waals surface area contributed by atoms with Crippen molar-refractivity contribution < 1.29 is 14.7 Å². The molecule has 1 unspecified atom stereocenters. The lowest BCUT2D eigenvalue weighted by Gasteiger charge is -2.35. The molecule has 1 atom stereocenters. The number of ketones is 1. The number of benzene rings is 3. The predicted molar refractivity (Wildman–Crippen MR) is 112 cm³/mol. The molecule has 29 heavy (non-hydrogen) atoms. The van der Waals surface area contributed by atoms with Gasteiger partial charge in [0.1, 0.15) is 0 Å². The number of carbonyl (C=O) groups is 2. The molecule has 0 bridgehead atoms.